The number of aryl methyl sites for hydroxylation is 1. The molecule has 22 heavy (non-hydrogen) atoms. The number of carbonyl (C=O) groups is 2. The Labute approximate surface area is 136 Å². The van der Waals surface area contributed by atoms with Crippen molar-refractivity contribution in [3.8, 4) is 0 Å². The van der Waals surface area contributed by atoms with Gasteiger partial charge in [0, 0.05) is 16.3 Å². The number of nitrogens with zero attached hydrogens (tertiary/aromatic N) is 1. The van der Waals surface area contributed by atoms with E-state index in [4.69, 9.17) is 0 Å². The Morgan fingerprint density at radius 3 is 2.86 bits per heavy atom. The zero-order chi connectivity index (χ0) is 15.9. The van der Waals surface area contributed by atoms with Crippen LogP contribution in [0.1, 0.15) is 28.0 Å². The predicted octanol–water partition coefficient (Wildman–Crippen LogP) is 2.95. The molecule has 2 aromatic heterocycles. The summed E-state index contributed by atoms with van der Waals surface area (Å²) in [5.41, 5.74) is 0.748. The summed E-state index contributed by atoms with van der Waals surface area (Å²) in [6.45, 7) is 1.91. The van der Waals surface area contributed by atoms with Crippen molar-refractivity contribution < 1.29 is 14.3 Å². The Morgan fingerprint density at radius 1 is 1.45 bits per heavy atom. The van der Waals surface area contributed by atoms with Gasteiger partial charge in [-0.1, -0.05) is 6.07 Å². The van der Waals surface area contributed by atoms with E-state index in [0.717, 1.165) is 15.6 Å². The van der Waals surface area contributed by atoms with Crippen LogP contribution in [0.15, 0.2) is 29.0 Å². The number of thiophene rings is 1. The molecule has 0 spiro atoms. The lowest BCUT2D eigenvalue weighted by molar-refractivity contribution is -0.141. The highest BCUT2D eigenvalue weighted by molar-refractivity contribution is 7.10. The lowest BCUT2D eigenvalue weighted by Gasteiger charge is -2.15. The molecule has 2 rings (SSSR count). The fourth-order valence-electron chi connectivity index (χ4n) is 1.80. The van der Waals surface area contributed by atoms with Crippen molar-refractivity contribution in [2.45, 2.75) is 19.4 Å². The Kier molecular flexibility index (Phi) is 5.85. The smallest absolute Gasteiger partial charge is 0.307 e. The zero-order valence-electron chi connectivity index (χ0n) is 12.2. The summed E-state index contributed by atoms with van der Waals surface area (Å²) in [5.74, 6) is -0.634. The van der Waals surface area contributed by atoms with Crippen LogP contribution in [-0.4, -0.2) is 24.0 Å². The quantitative estimate of drug-likeness (QED) is 0.650. The first-order chi connectivity index (χ1) is 10.6. The van der Waals surface area contributed by atoms with Crippen molar-refractivity contribution >= 4 is 40.6 Å². The minimum atomic E-state index is -0.387. The van der Waals surface area contributed by atoms with Gasteiger partial charge in [0.05, 0.1) is 30.3 Å². The largest absolute Gasteiger partial charge is 0.469 e. The number of ether oxygens (including phenoxy) is 1. The maximum Gasteiger partial charge on any atom is 0.307 e. The van der Waals surface area contributed by atoms with E-state index in [9.17, 15) is 9.59 Å². The zero-order valence-corrected chi connectivity index (χ0v) is 13.9. The average molecular weight is 336 g/mol. The number of esters is 1. The highest BCUT2D eigenvalue weighted by Crippen LogP contribution is 2.22. The van der Waals surface area contributed by atoms with Crippen LogP contribution >= 0.6 is 22.7 Å². The van der Waals surface area contributed by atoms with Gasteiger partial charge < -0.3 is 10.1 Å². The molecule has 0 radical (unpaired) electrons. The number of rotatable bonds is 6. The number of methoxy groups -OCH3 is 1. The molecular weight excluding hydrogens is 320 g/mol. The number of amides is 1. The van der Waals surface area contributed by atoms with Crippen molar-refractivity contribution in [1.29, 1.82) is 0 Å². The molecule has 1 atom stereocenters. The normalized spacial score (nSPS) is 12.3. The van der Waals surface area contributed by atoms with E-state index < -0.39 is 0 Å². The molecule has 0 saturated heterocycles. The summed E-state index contributed by atoms with van der Waals surface area (Å²) in [6.07, 6.45) is 3.18. The summed E-state index contributed by atoms with van der Waals surface area (Å²) in [6, 6.07) is 3.37. The van der Waals surface area contributed by atoms with E-state index in [0.29, 0.717) is 0 Å². The molecule has 2 aromatic rings. The third-order valence-corrected chi connectivity index (χ3v) is 4.62. The second-order valence-electron chi connectivity index (χ2n) is 4.48. The summed E-state index contributed by atoms with van der Waals surface area (Å²) in [4.78, 5) is 28.7. The lowest BCUT2D eigenvalue weighted by Crippen LogP contribution is -2.28. The highest BCUT2D eigenvalue weighted by Gasteiger charge is 2.18. The first-order valence-corrected chi connectivity index (χ1v) is 8.35. The Morgan fingerprint density at radius 2 is 2.27 bits per heavy atom. The van der Waals surface area contributed by atoms with Crippen molar-refractivity contribution in [3.63, 3.8) is 0 Å². The highest BCUT2D eigenvalue weighted by atomic mass is 32.1. The van der Waals surface area contributed by atoms with Gasteiger partial charge in [0.2, 0.25) is 5.91 Å². The van der Waals surface area contributed by atoms with Crippen molar-refractivity contribution in [2.75, 3.05) is 7.11 Å². The van der Waals surface area contributed by atoms with Gasteiger partial charge in [-0.2, -0.15) is 0 Å². The molecule has 116 valence electrons. The van der Waals surface area contributed by atoms with Gasteiger partial charge in [0.25, 0.3) is 0 Å². The number of hydrogen-bond acceptors (Lipinski definition) is 6. The van der Waals surface area contributed by atoms with Gasteiger partial charge in [-0.05, 0) is 24.4 Å². The van der Waals surface area contributed by atoms with E-state index in [1.165, 1.54) is 35.9 Å². The molecule has 0 bridgehead atoms. The van der Waals surface area contributed by atoms with Crippen LogP contribution in [0.25, 0.3) is 6.08 Å². The second kappa shape index (κ2) is 7.86. The molecule has 1 N–H and O–H groups in total. The molecule has 1 amide bonds. The number of carbonyl (C=O) groups excluding carboxylic acids is 2. The number of thiazole rings is 1. The molecule has 0 fully saturated rings. The fraction of sp³-hybridized carbons (Fsp3) is 0.267. The van der Waals surface area contributed by atoms with Gasteiger partial charge in [0.15, 0.2) is 0 Å². The second-order valence-corrected chi connectivity index (χ2v) is 6.52. The van der Waals surface area contributed by atoms with Gasteiger partial charge >= 0.3 is 5.97 Å². The molecule has 0 saturated carbocycles. The van der Waals surface area contributed by atoms with Crippen LogP contribution < -0.4 is 5.32 Å². The summed E-state index contributed by atoms with van der Waals surface area (Å²) in [7, 11) is 1.33. The van der Waals surface area contributed by atoms with E-state index in [1.807, 2.05) is 29.8 Å². The van der Waals surface area contributed by atoms with E-state index >= 15 is 0 Å². The topological polar surface area (TPSA) is 68.3 Å². The van der Waals surface area contributed by atoms with Gasteiger partial charge in [0.1, 0.15) is 0 Å². The lowest BCUT2D eigenvalue weighted by atomic mass is 10.1. The third-order valence-electron chi connectivity index (χ3n) is 2.84. The van der Waals surface area contributed by atoms with Gasteiger partial charge in [-0.25, -0.2) is 4.98 Å². The summed E-state index contributed by atoms with van der Waals surface area (Å²) >= 11 is 3.01. The van der Waals surface area contributed by atoms with Crippen LogP contribution in [0, 0.1) is 6.92 Å². The monoisotopic (exact) mass is 336 g/mol. The molecule has 0 aromatic carbocycles. The first kappa shape index (κ1) is 16.4. The molecule has 2 heterocycles. The minimum Gasteiger partial charge on any atom is -0.469 e. The standard InChI is InChI=1S/C15H16N2O3S2/c1-10-16-11(9-22-10)5-6-14(18)17-12(8-15(19)20-2)13-4-3-7-21-13/h3-7,9,12H,8H2,1-2H3,(H,17,18)/b6-5+. The van der Waals surface area contributed by atoms with Crippen molar-refractivity contribution in [2.24, 2.45) is 0 Å². The Bertz CT molecular complexity index is 662. The van der Waals surface area contributed by atoms with Crippen molar-refractivity contribution in [1.82, 2.24) is 10.3 Å². The Balaban J connectivity index is 2.01. The van der Waals surface area contributed by atoms with Gasteiger partial charge in [-0.15, -0.1) is 22.7 Å². The van der Waals surface area contributed by atoms with Crippen LogP contribution in [0.2, 0.25) is 0 Å². The molecular formula is C15H16N2O3S2. The first-order valence-electron chi connectivity index (χ1n) is 6.59. The SMILES string of the molecule is COC(=O)CC(NC(=O)/C=C/c1csc(C)n1)c1cccs1. The van der Waals surface area contributed by atoms with E-state index in [2.05, 4.69) is 15.0 Å². The fourth-order valence-corrected chi connectivity index (χ4v) is 3.16. The molecule has 5 nitrogen and oxygen atoms in total. The number of aromatic nitrogens is 1. The van der Waals surface area contributed by atoms with E-state index in [1.54, 1.807) is 6.08 Å². The van der Waals surface area contributed by atoms with E-state index in [-0.39, 0.29) is 24.3 Å². The molecule has 0 aliphatic rings. The molecule has 0 aliphatic carbocycles. The van der Waals surface area contributed by atoms with Crippen LogP contribution in [-0.2, 0) is 14.3 Å². The maximum atomic E-state index is 12.0. The maximum absolute atomic E-state index is 12.0. The van der Waals surface area contributed by atoms with Crippen LogP contribution in [0.5, 0.6) is 0 Å². The van der Waals surface area contributed by atoms with Crippen LogP contribution in [0.4, 0.5) is 0 Å². The Hall–Kier alpha value is -1.99. The van der Waals surface area contributed by atoms with Gasteiger partial charge in [-0.3, -0.25) is 9.59 Å². The molecule has 1 unspecified atom stereocenters. The number of hydrogen-bond donors (Lipinski definition) is 1. The minimum absolute atomic E-state index is 0.104. The average Bonchev–Trinajstić information content (AvgIpc) is 3.15. The molecule has 7 heteroatoms. The summed E-state index contributed by atoms with van der Waals surface area (Å²) in [5, 5.41) is 7.55. The third kappa shape index (κ3) is 4.78. The van der Waals surface area contributed by atoms with Crippen molar-refractivity contribution in [3.05, 3.63) is 44.5 Å². The molecule has 0 aliphatic heterocycles. The predicted molar refractivity (Wildman–Crippen MR) is 87.7 cm³/mol. The summed E-state index contributed by atoms with van der Waals surface area (Å²) < 4.78 is 4.68. The van der Waals surface area contributed by atoms with Crippen LogP contribution in [0.3, 0.4) is 0 Å². The number of nitrogens with one attached hydrogen (secondary N) is 1.